The number of aldehydes is 1. The molecule has 0 aliphatic rings. The number of hydrogen-bond donors (Lipinski definition) is 0. The van der Waals surface area contributed by atoms with Gasteiger partial charge in [-0.25, -0.2) is 0 Å². The maximum atomic E-state index is 10.8. The van der Waals surface area contributed by atoms with Crippen LogP contribution in [-0.4, -0.2) is 12.0 Å². The molecule has 0 spiro atoms. The number of thioether (sulfide) groups is 1. The van der Waals surface area contributed by atoms with Crippen LogP contribution in [0.25, 0.3) is 0 Å². The van der Waals surface area contributed by atoms with Crippen molar-refractivity contribution < 1.29 is 4.79 Å². The summed E-state index contributed by atoms with van der Waals surface area (Å²) in [7, 11) is 0. The average molecular weight is 243 g/mol. The van der Waals surface area contributed by atoms with Crippen molar-refractivity contribution >= 4 is 29.6 Å². The Balaban J connectivity index is 2.60. The van der Waals surface area contributed by atoms with Gasteiger partial charge in [-0.05, 0) is 24.3 Å². The Labute approximate surface area is 100 Å². The van der Waals surface area contributed by atoms with E-state index >= 15 is 0 Å². The Morgan fingerprint density at radius 2 is 2.20 bits per heavy atom. The molecular weight excluding hydrogens is 228 g/mol. The molecule has 3 heteroatoms. The topological polar surface area (TPSA) is 17.1 Å². The molecule has 0 saturated heterocycles. The van der Waals surface area contributed by atoms with Crippen molar-refractivity contribution in [1.29, 1.82) is 0 Å². The summed E-state index contributed by atoms with van der Waals surface area (Å²) in [6, 6.07) is 5.59. The van der Waals surface area contributed by atoms with Crippen LogP contribution in [0.2, 0.25) is 5.02 Å². The van der Waals surface area contributed by atoms with Gasteiger partial charge in [-0.1, -0.05) is 37.4 Å². The van der Waals surface area contributed by atoms with Crippen molar-refractivity contribution in [3.63, 3.8) is 0 Å². The van der Waals surface area contributed by atoms with Crippen molar-refractivity contribution in [2.24, 2.45) is 0 Å². The first-order chi connectivity index (χ1) is 7.29. The van der Waals surface area contributed by atoms with Crippen LogP contribution >= 0.6 is 23.4 Å². The fourth-order valence-electron chi connectivity index (χ4n) is 1.29. The second-order valence-corrected chi connectivity index (χ2v) is 4.87. The monoisotopic (exact) mass is 242 g/mol. The van der Waals surface area contributed by atoms with E-state index in [1.165, 1.54) is 19.3 Å². The third kappa shape index (κ3) is 3.88. The Kier molecular flexibility index (Phi) is 5.81. The molecule has 0 amide bonds. The largest absolute Gasteiger partial charge is 0.298 e. The minimum Gasteiger partial charge on any atom is -0.298 e. The summed E-state index contributed by atoms with van der Waals surface area (Å²) in [5.41, 5.74) is 0.626. The summed E-state index contributed by atoms with van der Waals surface area (Å²) in [5.74, 6) is 1.05. The normalized spacial score (nSPS) is 10.3. The highest BCUT2D eigenvalue weighted by Gasteiger charge is 2.05. The first-order valence-corrected chi connectivity index (χ1v) is 6.52. The molecule has 0 bridgehead atoms. The quantitative estimate of drug-likeness (QED) is 0.417. The average Bonchev–Trinajstić information content (AvgIpc) is 2.24. The molecule has 0 aromatic heterocycles. The van der Waals surface area contributed by atoms with Crippen molar-refractivity contribution in [2.75, 3.05) is 5.75 Å². The summed E-state index contributed by atoms with van der Waals surface area (Å²) in [4.78, 5) is 11.8. The highest BCUT2D eigenvalue weighted by atomic mass is 35.5. The van der Waals surface area contributed by atoms with Gasteiger partial charge >= 0.3 is 0 Å². The molecule has 0 atom stereocenters. The number of unbranched alkanes of at least 4 members (excludes halogenated alkanes) is 2. The smallest absolute Gasteiger partial charge is 0.152 e. The molecule has 0 N–H and O–H groups in total. The summed E-state index contributed by atoms with van der Waals surface area (Å²) < 4.78 is 0. The van der Waals surface area contributed by atoms with E-state index in [1.807, 2.05) is 12.1 Å². The van der Waals surface area contributed by atoms with Crippen molar-refractivity contribution in [3.8, 4) is 0 Å². The van der Waals surface area contributed by atoms with Crippen LogP contribution < -0.4 is 0 Å². The van der Waals surface area contributed by atoms with E-state index in [-0.39, 0.29) is 0 Å². The highest BCUT2D eigenvalue weighted by Crippen LogP contribution is 2.27. The molecule has 0 fully saturated rings. The van der Waals surface area contributed by atoms with Crippen LogP contribution in [-0.2, 0) is 0 Å². The van der Waals surface area contributed by atoms with Crippen LogP contribution in [0.5, 0.6) is 0 Å². The van der Waals surface area contributed by atoms with E-state index < -0.39 is 0 Å². The summed E-state index contributed by atoms with van der Waals surface area (Å²) >= 11 is 7.64. The lowest BCUT2D eigenvalue weighted by Gasteiger charge is -2.05. The minimum absolute atomic E-state index is 0.547. The van der Waals surface area contributed by atoms with Gasteiger partial charge in [-0.2, -0.15) is 0 Å². The Morgan fingerprint density at radius 3 is 2.87 bits per heavy atom. The number of rotatable bonds is 6. The number of carbonyl (C=O) groups is 1. The zero-order valence-corrected chi connectivity index (χ0v) is 10.4. The zero-order valence-electron chi connectivity index (χ0n) is 8.83. The van der Waals surface area contributed by atoms with Gasteiger partial charge in [0.15, 0.2) is 6.29 Å². The van der Waals surface area contributed by atoms with Crippen LogP contribution in [0.4, 0.5) is 0 Å². The number of hydrogen-bond acceptors (Lipinski definition) is 2. The second-order valence-electron chi connectivity index (χ2n) is 3.33. The highest BCUT2D eigenvalue weighted by molar-refractivity contribution is 7.99. The third-order valence-corrected chi connectivity index (χ3v) is 3.63. The van der Waals surface area contributed by atoms with Crippen LogP contribution in [0, 0.1) is 0 Å². The Hall–Kier alpha value is -0.470. The zero-order chi connectivity index (χ0) is 11.1. The number of carbonyl (C=O) groups excluding carboxylic acids is 1. The first kappa shape index (κ1) is 12.6. The van der Waals surface area contributed by atoms with Gasteiger partial charge in [-0.3, -0.25) is 4.79 Å². The SMILES string of the molecule is CCCCCSc1cccc(Cl)c1C=O. The van der Waals surface area contributed by atoms with Crippen molar-refractivity contribution in [1.82, 2.24) is 0 Å². The van der Waals surface area contributed by atoms with Crippen LogP contribution in [0.1, 0.15) is 36.5 Å². The number of benzene rings is 1. The third-order valence-electron chi connectivity index (χ3n) is 2.14. The number of halogens is 1. The molecule has 0 aliphatic carbocycles. The predicted molar refractivity (Wildman–Crippen MR) is 67.1 cm³/mol. The van der Waals surface area contributed by atoms with Gasteiger partial charge in [0, 0.05) is 10.5 Å². The van der Waals surface area contributed by atoms with Gasteiger partial charge in [0.25, 0.3) is 0 Å². The van der Waals surface area contributed by atoms with Gasteiger partial charge in [0.05, 0.1) is 5.02 Å². The van der Waals surface area contributed by atoms with E-state index in [0.29, 0.717) is 10.6 Å². The minimum atomic E-state index is 0.547. The maximum Gasteiger partial charge on any atom is 0.152 e. The Morgan fingerprint density at radius 1 is 1.40 bits per heavy atom. The molecule has 1 aromatic rings. The van der Waals surface area contributed by atoms with Gasteiger partial charge in [0.1, 0.15) is 0 Å². The van der Waals surface area contributed by atoms with Gasteiger partial charge in [0.2, 0.25) is 0 Å². The van der Waals surface area contributed by atoms with Crippen molar-refractivity contribution in [2.45, 2.75) is 31.1 Å². The first-order valence-electron chi connectivity index (χ1n) is 5.16. The van der Waals surface area contributed by atoms with E-state index in [4.69, 9.17) is 11.6 Å². The standard InChI is InChI=1S/C12H15ClOS/c1-2-3-4-8-15-12-7-5-6-11(13)10(12)9-14/h5-7,9H,2-4,8H2,1H3. The lowest BCUT2D eigenvalue weighted by atomic mass is 10.2. The summed E-state index contributed by atoms with van der Waals surface area (Å²) in [6.07, 6.45) is 4.48. The lowest BCUT2D eigenvalue weighted by molar-refractivity contribution is 0.112. The molecule has 0 saturated carbocycles. The Bertz CT molecular complexity index is 325. The molecule has 0 aliphatic heterocycles. The van der Waals surface area contributed by atoms with Crippen molar-refractivity contribution in [3.05, 3.63) is 28.8 Å². The van der Waals surface area contributed by atoms with E-state index in [2.05, 4.69) is 6.92 Å². The molecular formula is C12H15ClOS. The fourth-order valence-corrected chi connectivity index (χ4v) is 2.62. The van der Waals surface area contributed by atoms with Gasteiger partial charge < -0.3 is 0 Å². The molecule has 1 rings (SSSR count). The molecule has 0 unspecified atom stereocenters. The molecule has 1 nitrogen and oxygen atoms in total. The van der Waals surface area contributed by atoms with E-state index in [0.717, 1.165) is 16.9 Å². The molecule has 0 radical (unpaired) electrons. The predicted octanol–water partition coefficient (Wildman–Crippen LogP) is 4.43. The lowest BCUT2D eigenvalue weighted by Crippen LogP contribution is -1.88. The summed E-state index contributed by atoms with van der Waals surface area (Å²) in [5, 5.41) is 0.547. The van der Waals surface area contributed by atoms with Crippen LogP contribution in [0.3, 0.4) is 0 Å². The molecule has 82 valence electrons. The molecule has 0 heterocycles. The molecule has 15 heavy (non-hydrogen) atoms. The van der Waals surface area contributed by atoms with E-state index in [1.54, 1.807) is 17.8 Å². The van der Waals surface area contributed by atoms with Gasteiger partial charge in [-0.15, -0.1) is 11.8 Å². The van der Waals surface area contributed by atoms with E-state index in [9.17, 15) is 4.79 Å². The van der Waals surface area contributed by atoms with Crippen LogP contribution in [0.15, 0.2) is 23.1 Å². The second kappa shape index (κ2) is 6.91. The summed E-state index contributed by atoms with van der Waals surface area (Å²) in [6.45, 7) is 2.18. The molecule has 1 aromatic carbocycles. The maximum absolute atomic E-state index is 10.8. The fraction of sp³-hybridized carbons (Fsp3) is 0.417.